The summed E-state index contributed by atoms with van der Waals surface area (Å²) in [5, 5.41) is 5.45. The number of anilines is 1. The van der Waals surface area contributed by atoms with E-state index >= 15 is 0 Å². The Balaban J connectivity index is 2.49. The number of ether oxygens (including phenoxy) is 1. The first kappa shape index (κ1) is 15.2. The first-order valence-corrected chi connectivity index (χ1v) is 6.25. The van der Waals surface area contributed by atoms with E-state index in [1.165, 1.54) is 0 Å². The zero-order valence-corrected chi connectivity index (χ0v) is 12.1. The molecule has 0 aliphatic heterocycles. The molecule has 4 N–H and O–H groups in total. The number of thiocarbonyl (C=S) groups is 1. The van der Waals surface area contributed by atoms with E-state index in [2.05, 4.69) is 10.6 Å². The molecule has 1 aromatic rings. The number of nitrogens with two attached hydrogens (primary N) is 1. The van der Waals surface area contributed by atoms with E-state index < -0.39 is 5.41 Å². The maximum absolute atomic E-state index is 11.7. The number of methoxy groups -OCH3 is 1. The molecule has 1 rings (SSSR count). The second-order valence-electron chi connectivity index (χ2n) is 4.78. The van der Waals surface area contributed by atoms with Crippen molar-refractivity contribution in [3.63, 3.8) is 0 Å². The SMILES string of the molecule is COc1ccc(NC(=O)NCC(C)(C)C(N)=S)cc1. The minimum atomic E-state index is -0.410. The molecule has 0 bridgehead atoms. The van der Waals surface area contributed by atoms with Crippen LogP contribution in [0.1, 0.15) is 13.8 Å². The fourth-order valence-electron chi connectivity index (χ4n) is 1.24. The van der Waals surface area contributed by atoms with Gasteiger partial charge in [0.2, 0.25) is 0 Å². The van der Waals surface area contributed by atoms with Crippen molar-refractivity contribution in [1.82, 2.24) is 5.32 Å². The molecule has 0 saturated heterocycles. The summed E-state index contributed by atoms with van der Waals surface area (Å²) in [5.74, 6) is 0.737. The van der Waals surface area contributed by atoms with Crippen molar-refractivity contribution in [3.05, 3.63) is 24.3 Å². The molecule has 0 atom stereocenters. The fraction of sp³-hybridized carbons (Fsp3) is 0.385. The van der Waals surface area contributed by atoms with E-state index in [9.17, 15) is 4.79 Å². The second-order valence-corrected chi connectivity index (χ2v) is 5.22. The van der Waals surface area contributed by atoms with E-state index in [0.717, 1.165) is 5.75 Å². The molecule has 0 radical (unpaired) electrons. The number of urea groups is 1. The van der Waals surface area contributed by atoms with Crippen LogP contribution in [-0.4, -0.2) is 24.7 Å². The smallest absolute Gasteiger partial charge is 0.319 e. The average Bonchev–Trinajstić information content (AvgIpc) is 2.37. The first-order valence-electron chi connectivity index (χ1n) is 5.84. The molecule has 6 heteroatoms. The predicted molar refractivity (Wildman–Crippen MR) is 80.6 cm³/mol. The molecule has 0 saturated carbocycles. The van der Waals surface area contributed by atoms with E-state index in [1.54, 1.807) is 31.4 Å². The molecule has 5 nitrogen and oxygen atoms in total. The molecular weight excluding hydrogens is 262 g/mol. The van der Waals surface area contributed by atoms with Gasteiger partial charge in [0.15, 0.2) is 0 Å². The number of nitrogens with one attached hydrogen (secondary N) is 2. The summed E-state index contributed by atoms with van der Waals surface area (Å²) in [6.07, 6.45) is 0. The third kappa shape index (κ3) is 4.75. The third-order valence-corrected chi connectivity index (χ3v) is 3.26. The molecular formula is C13H19N3O2S. The van der Waals surface area contributed by atoms with E-state index in [4.69, 9.17) is 22.7 Å². The minimum Gasteiger partial charge on any atom is -0.497 e. The van der Waals surface area contributed by atoms with Crippen LogP contribution in [0.3, 0.4) is 0 Å². The van der Waals surface area contributed by atoms with Crippen LogP contribution in [0.2, 0.25) is 0 Å². The molecule has 2 amide bonds. The summed E-state index contributed by atoms with van der Waals surface area (Å²) in [4.78, 5) is 12.1. The fourth-order valence-corrected chi connectivity index (χ4v) is 1.31. The van der Waals surface area contributed by atoms with Gasteiger partial charge in [0.25, 0.3) is 0 Å². The maximum Gasteiger partial charge on any atom is 0.319 e. The maximum atomic E-state index is 11.7. The number of hydrogen-bond acceptors (Lipinski definition) is 3. The molecule has 0 unspecified atom stereocenters. The van der Waals surface area contributed by atoms with Crippen molar-refractivity contribution in [1.29, 1.82) is 0 Å². The minimum absolute atomic E-state index is 0.297. The van der Waals surface area contributed by atoms with Crippen LogP contribution in [0.5, 0.6) is 5.75 Å². The Labute approximate surface area is 118 Å². The van der Waals surface area contributed by atoms with Crippen LogP contribution in [0.4, 0.5) is 10.5 Å². The quantitative estimate of drug-likeness (QED) is 0.723. The predicted octanol–water partition coefficient (Wildman–Crippen LogP) is 2.13. The lowest BCUT2D eigenvalue weighted by molar-refractivity contribution is 0.249. The highest BCUT2D eigenvalue weighted by Crippen LogP contribution is 2.16. The molecule has 0 aliphatic rings. The lowest BCUT2D eigenvalue weighted by atomic mass is 9.94. The highest BCUT2D eigenvalue weighted by Gasteiger charge is 2.21. The zero-order chi connectivity index (χ0) is 14.5. The van der Waals surface area contributed by atoms with Crippen molar-refractivity contribution in [2.45, 2.75) is 13.8 Å². The third-order valence-electron chi connectivity index (χ3n) is 2.71. The highest BCUT2D eigenvalue weighted by atomic mass is 32.1. The number of carbonyl (C=O) groups excluding carboxylic acids is 1. The van der Waals surface area contributed by atoms with E-state index in [-0.39, 0.29) is 6.03 Å². The second kappa shape index (κ2) is 6.38. The van der Waals surface area contributed by atoms with Gasteiger partial charge in [-0.3, -0.25) is 0 Å². The van der Waals surface area contributed by atoms with Crippen molar-refractivity contribution >= 4 is 28.9 Å². The van der Waals surface area contributed by atoms with Crippen LogP contribution in [-0.2, 0) is 0 Å². The van der Waals surface area contributed by atoms with Crippen LogP contribution >= 0.6 is 12.2 Å². The highest BCUT2D eigenvalue weighted by molar-refractivity contribution is 7.80. The molecule has 0 aromatic heterocycles. The van der Waals surface area contributed by atoms with Crippen molar-refractivity contribution in [2.75, 3.05) is 19.0 Å². The van der Waals surface area contributed by atoms with E-state index in [1.807, 2.05) is 13.8 Å². The Morgan fingerprint density at radius 2 is 1.95 bits per heavy atom. The Morgan fingerprint density at radius 3 is 2.42 bits per heavy atom. The normalized spacial score (nSPS) is 10.7. The molecule has 0 heterocycles. The topological polar surface area (TPSA) is 76.4 Å². The zero-order valence-electron chi connectivity index (χ0n) is 11.3. The molecule has 0 spiro atoms. The summed E-state index contributed by atoms with van der Waals surface area (Å²) in [7, 11) is 1.59. The molecule has 104 valence electrons. The monoisotopic (exact) mass is 281 g/mol. The van der Waals surface area contributed by atoms with Crippen LogP contribution < -0.4 is 21.1 Å². The standard InChI is InChI=1S/C13H19N3O2S/c1-13(2,11(14)19)8-15-12(17)16-9-4-6-10(18-3)7-5-9/h4-7H,8H2,1-3H3,(H2,14,19)(H2,15,16,17). The van der Waals surface area contributed by atoms with Crippen LogP contribution in [0.25, 0.3) is 0 Å². The van der Waals surface area contributed by atoms with Crippen LogP contribution in [0, 0.1) is 5.41 Å². The number of hydrogen-bond donors (Lipinski definition) is 3. The Morgan fingerprint density at radius 1 is 1.37 bits per heavy atom. The number of benzene rings is 1. The molecule has 19 heavy (non-hydrogen) atoms. The van der Waals surface area contributed by atoms with E-state index in [0.29, 0.717) is 17.2 Å². The van der Waals surface area contributed by atoms with Gasteiger partial charge >= 0.3 is 6.03 Å². The largest absolute Gasteiger partial charge is 0.497 e. The lowest BCUT2D eigenvalue weighted by Gasteiger charge is -2.23. The van der Waals surface area contributed by atoms with Gasteiger partial charge < -0.3 is 21.1 Å². The van der Waals surface area contributed by atoms with Gasteiger partial charge in [-0.05, 0) is 24.3 Å². The van der Waals surface area contributed by atoms with Crippen molar-refractivity contribution < 1.29 is 9.53 Å². The Hall–Kier alpha value is -1.82. The van der Waals surface area contributed by atoms with Gasteiger partial charge in [0, 0.05) is 17.6 Å². The summed E-state index contributed by atoms with van der Waals surface area (Å²) < 4.78 is 5.04. The Bertz CT molecular complexity index is 457. The van der Waals surface area contributed by atoms with Crippen LogP contribution in [0.15, 0.2) is 24.3 Å². The summed E-state index contributed by atoms with van der Waals surface area (Å²) in [6, 6.07) is 6.77. The molecule has 1 aromatic carbocycles. The van der Waals surface area contributed by atoms with Crippen molar-refractivity contribution in [3.8, 4) is 5.75 Å². The summed E-state index contributed by atoms with van der Waals surface area (Å²) >= 11 is 4.93. The van der Waals surface area contributed by atoms with Crippen molar-refractivity contribution in [2.24, 2.45) is 11.1 Å². The molecule has 0 fully saturated rings. The van der Waals surface area contributed by atoms with Gasteiger partial charge in [-0.25, -0.2) is 4.79 Å². The summed E-state index contributed by atoms with van der Waals surface area (Å²) in [6.45, 7) is 4.14. The van der Waals surface area contributed by atoms with Gasteiger partial charge in [0.1, 0.15) is 5.75 Å². The number of carbonyl (C=O) groups is 1. The average molecular weight is 281 g/mol. The Kier molecular flexibility index (Phi) is 5.11. The summed E-state index contributed by atoms with van der Waals surface area (Å²) in [5.41, 5.74) is 5.86. The van der Waals surface area contributed by atoms with Gasteiger partial charge in [0.05, 0.1) is 12.1 Å². The lowest BCUT2D eigenvalue weighted by Crippen LogP contribution is -2.42. The number of rotatable bonds is 5. The van der Waals surface area contributed by atoms with Gasteiger partial charge in [-0.15, -0.1) is 0 Å². The first-order chi connectivity index (χ1) is 8.85. The van der Waals surface area contributed by atoms with Gasteiger partial charge in [-0.2, -0.15) is 0 Å². The number of amides is 2. The molecule has 0 aliphatic carbocycles. The van der Waals surface area contributed by atoms with Gasteiger partial charge in [-0.1, -0.05) is 26.1 Å².